The molecule has 0 amide bonds. The normalized spacial score (nSPS) is 12.5. The number of ether oxygens (including phenoxy) is 2. The fourth-order valence-electron chi connectivity index (χ4n) is 3.65. The van der Waals surface area contributed by atoms with Crippen LogP contribution in [0.2, 0.25) is 5.02 Å². The molecule has 162 valence electrons. The predicted octanol–water partition coefficient (Wildman–Crippen LogP) is 5.29. The third-order valence-electron chi connectivity index (χ3n) is 5.36. The number of para-hydroxylation sites is 1. The fourth-order valence-corrected chi connectivity index (χ4v) is 3.92. The lowest BCUT2D eigenvalue weighted by atomic mass is 10.1. The molecule has 2 heterocycles. The Morgan fingerprint density at radius 1 is 1.10 bits per heavy atom. The molecule has 0 saturated carbocycles. The highest BCUT2D eigenvalue weighted by Crippen LogP contribution is 2.39. The molecule has 1 atom stereocenters. The van der Waals surface area contributed by atoms with Crippen molar-refractivity contribution < 1.29 is 14.6 Å². The van der Waals surface area contributed by atoms with Crippen LogP contribution in [0.15, 0.2) is 36.5 Å². The second-order valence-corrected chi connectivity index (χ2v) is 8.12. The lowest BCUT2D eigenvalue weighted by Crippen LogP contribution is -2.11. The van der Waals surface area contributed by atoms with Gasteiger partial charge in [0, 0.05) is 0 Å². The van der Waals surface area contributed by atoms with E-state index in [1.54, 1.807) is 20.4 Å². The van der Waals surface area contributed by atoms with Gasteiger partial charge in [-0.2, -0.15) is 0 Å². The Bertz CT molecular complexity index is 1250. The zero-order chi connectivity index (χ0) is 22.3. The zero-order valence-electron chi connectivity index (χ0n) is 18.1. The Balaban J connectivity index is 2.07. The molecule has 0 spiro atoms. The van der Waals surface area contributed by atoms with Gasteiger partial charge in [0.15, 0.2) is 17.3 Å². The first-order valence-electron chi connectivity index (χ1n) is 9.99. The van der Waals surface area contributed by atoms with Crippen molar-refractivity contribution in [3.05, 3.63) is 52.9 Å². The Labute approximate surface area is 185 Å². The van der Waals surface area contributed by atoms with Crippen LogP contribution in [0.4, 0.5) is 11.5 Å². The highest BCUT2D eigenvalue weighted by molar-refractivity contribution is 6.33. The second kappa shape index (κ2) is 8.24. The summed E-state index contributed by atoms with van der Waals surface area (Å²) in [5, 5.41) is 14.8. The number of methoxy groups -OCH3 is 2. The number of nitrogens with one attached hydrogen (secondary N) is 1. The van der Waals surface area contributed by atoms with Crippen LogP contribution in [-0.2, 0) is 0 Å². The van der Waals surface area contributed by atoms with E-state index in [9.17, 15) is 5.11 Å². The van der Waals surface area contributed by atoms with Gasteiger partial charge in [-0.05, 0) is 36.6 Å². The maximum absolute atomic E-state index is 10.8. The molecule has 31 heavy (non-hydrogen) atoms. The summed E-state index contributed by atoms with van der Waals surface area (Å²) in [6.07, 6.45) is 0.953. The first kappa shape index (κ1) is 21.2. The summed E-state index contributed by atoms with van der Waals surface area (Å²) in [7, 11) is 3.16. The summed E-state index contributed by atoms with van der Waals surface area (Å²) in [5.41, 5.74) is 3.78. The van der Waals surface area contributed by atoms with Gasteiger partial charge in [-0.1, -0.05) is 37.6 Å². The van der Waals surface area contributed by atoms with Crippen LogP contribution < -0.4 is 14.8 Å². The van der Waals surface area contributed by atoms with Crippen molar-refractivity contribution in [2.45, 2.75) is 26.9 Å². The van der Waals surface area contributed by atoms with E-state index in [4.69, 9.17) is 26.1 Å². The molecular weight excluding hydrogens is 416 g/mol. The van der Waals surface area contributed by atoms with Crippen molar-refractivity contribution in [2.24, 2.45) is 5.92 Å². The molecule has 2 N–H and O–H groups in total. The van der Waals surface area contributed by atoms with E-state index >= 15 is 0 Å². The number of aromatic nitrogens is 3. The molecule has 2 aromatic heterocycles. The largest absolute Gasteiger partial charge is 0.493 e. The van der Waals surface area contributed by atoms with Gasteiger partial charge in [0.1, 0.15) is 23.0 Å². The lowest BCUT2D eigenvalue weighted by molar-refractivity contribution is 0.117. The van der Waals surface area contributed by atoms with Crippen molar-refractivity contribution in [3.8, 4) is 11.5 Å². The van der Waals surface area contributed by atoms with Crippen molar-refractivity contribution in [1.82, 2.24) is 14.4 Å². The quantitative estimate of drug-likeness (QED) is 0.423. The predicted molar refractivity (Wildman–Crippen MR) is 123 cm³/mol. The van der Waals surface area contributed by atoms with Gasteiger partial charge in [-0.25, -0.2) is 9.97 Å². The van der Waals surface area contributed by atoms with E-state index in [-0.39, 0.29) is 5.92 Å². The van der Waals surface area contributed by atoms with E-state index in [0.29, 0.717) is 39.2 Å². The number of aryl methyl sites for hydroxylation is 1. The maximum atomic E-state index is 10.8. The number of nitrogens with zero attached hydrogens (tertiary/aromatic N) is 3. The first-order valence-corrected chi connectivity index (χ1v) is 10.4. The highest BCUT2D eigenvalue weighted by Gasteiger charge is 2.24. The third kappa shape index (κ3) is 3.54. The first-order chi connectivity index (χ1) is 14.9. The summed E-state index contributed by atoms with van der Waals surface area (Å²) in [4.78, 5) is 9.40. The van der Waals surface area contributed by atoms with Crippen LogP contribution in [0.25, 0.3) is 16.6 Å². The Kier molecular flexibility index (Phi) is 5.64. The topological polar surface area (TPSA) is 80.9 Å². The minimum atomic E-state index is -0.754. The van der Waals surface area contributed by atoms with Gasteiger partial charge in [0.25, 0.3) is 0 Å². The molecule has 0 aliphatic rings. The summed E-state index contributed by atoms with van der Waals surface area (Å²) in [6, 6.07) is 9.40. The fraction of sp³-hybridized carbons (Fsp3) is 0.304. The summed E-state index contributed by atoms with van der Waals surface area (Å²) >= 11 is 6.45. The SMILES string of the molecule is COc1ccc2c(nc(Nc3c(C)cccc3Cl)c3cnc(C(O)C(C)C)n32)c1OC. The molecule has 8 heteroatoms. The van der Waals surface area contributed by atoms with Crippen LogP contribution in [0.3, 0.4) is 0 Å². The minimum absolute atomic E-state index is 0.0174. The molecule has 4 rings (SSSR count). The summed E-state index contributed by atoms with van der Waals surface area (Å²) < 4.78 is 13.0. The van der Waals surface area contributed by atoms with Gasteiger partial charge in [0.2, 0.25) is 0 Å². The molecule has 2 aromatic carbocycles. The van der Waals surface area contributed by atoms with E-state index < -0.39 is 6.10 Å². The molecule has 0 bridgehead atoms. The highest BCUT2D eigenvalue weighted by atomic mass is 35.5. The smallest absolute Gasteiger partial charge is 0.188 e. The molecule has 0 saturated heterocycles. The standard InChI is InChI=1S/C23H25ClN4O3/c1-12(2)20(29)23-25-11-16-22(26-18-13(3)7-6-8-14(18)24)27-19-15(28(16)23)9-10-17(30-4)21(19)31-5/h6-12,20,29H,1-5H3,(H,26,27). The number of aliphatic hydroxyl groups excluding tert-OH is 1. The molecular formula is C23H25ClN4O3. The van der Waals surface area contributed by atoms with Crippen LogP contribution in [-0.4, -0.2) is 33.7 Å². The van der Waals surface area contributed by atoms with Gasteiger partial charge in [0.05, 0.1) is 36.6 Å². The van der Waals surface area contributed by atoms with Crippen molar-refractivity contribution >= 4 is 39.7 Å². The van der Waals surface area contributed by atoms with E-state index in [0.717, 1.165) is 16.8 Å². The minimum Gasteiger partial charge on any atom is -0.493 e. The number of hydrogen-bond donors (Lipinski definition) is 2. The lowest BCUT2D eigenvalue weighted by Gasteiger charge is -2.18. The maximum Gasteiger partial charge on any atom is 0.188 e. The van der Waals surface area contributed by atoms with Crippen molar-refractivity contribution in [2.75, 3.05) is 19.5 Å². The van der Waals surface area contributed by atoms with Crippen LogP contribution in [0.5, 0.6) is 11.5 Å². The Hall–Kier alpha value is -3.03. The second-order valence-electron chi connectivity index (χ2n) is 7.71. The van der Waals surface area contributed by atoms with Gasteiger partial charge in [-0.3, -0.25) is 4.40 Å². The van der Waals surface area contributed by atoms with Crippen molar-refractivity contribution in [1.29, 1.82) is 0 Å². The molecule has 0 radical (unpaired) electrons. The van der Waals surface area contributed by atoms with E-state index in [1.165, 1.54) is 0 Å². The zero-order valence-corrected chi connectivity index (χ0v) is 18.9. The van der Waals surface area contributed by atoms with Crippen LogP contribution >= 0.6 is 11.6 Å². The Morgan fingerprint density at radius 2 is 1.87 bits per heavy atom. The van der Waals surface area contributed by atoms with E-state index in [2.05, 4.69) is 10.3 Å². The molecule has 1 unspecified atom stereocenters. The van der Waals surface area contributed by atoms with Crippen molar-refractivity contribution in [3.63, 3.8) is 0 Å². The van der Waals surface area contributed by atoms with Gasteiger partial charge < -0.3 is 19.9 Å². The number of halogens is 1. The monoisotopic (exact) mass is 440 g/mol. The molecule has 0 aliphatic carbocycles. The number of fused-ring (bicyclic) bond motifs is 3. The number of imidazole rings is 1. The average Bonchev–Trinajstić information content (AvgIpc) is 3.20. The number of rotatable bonds is 6. The number of hydrogen-bond acceptors (Lipinski definition) is 6. The molecule has 0 aliphatic heterocycles. The molecule has 4 aromatic rings. The average molecular weight is 441 g/mol. The summed E-state index contributed by atoms with van der Waals surface area (Å²) in [5.74, 6) is 2.12. The van der Waals surface area contributed by atoms with Crippen LogP contribution in [0.1, 0.15) is 31.3 Å². The number of anilines is 2. The molecule has 0 fully saturated rings. The van der Waals surface area contributed by atoms with Gasteiger partial charge >= 0.3 is 0 Å². The number of aliphatic hydroxyl groups is 1. The van der Waals surface area contributed by atoms with Crippen LogP contribution in [0, 0.1) is 12.8 Å². The number of benzene rings is 2. The summed E-state index contributed by atoms with van der Waals surface area (Å²) in [6.45, 7) is 5.87. The third-order valence-corrected chi connectivity index (χ3v) is 5.67. The Morgan fingerprint density at radius 3 is 2.52 bits per heavy atom. The van der Waals surface area contributed by atoms with Gasteiger partial charge in [-0.15, -0.1) is 0 Å². The van der Waals surface area contributed by atoms with E-state index in [1.807, 2.05) is 55.5 Å². The molecule has 7 nitrogen and oxygen atoms in total.